The molecule has 0 bridgehead atoms. The Morgan fingerprint density at radius 3 is 2.63 bits per heavy atom. The van der Waals surface area contributed by atoms with Crippen LogP contribution in [0.2, 0.25) is 0 Å². The van der Waals surface area contributed by atoms with Crippen molar-refractivity contribution in [2.75, 3.05) is 5.32 Å². The smallest absolute Gasteiger partial charge is 0.248 e. The molecule has 1 aliphatic rings. The quantitative estimate of drug-likeness (QED) is 0.876. The fourth-order valence-corrected chi connectivity index (χ4v) is 2.72. The third kappa shape index (κ3) is 3.46. The van der Waals surface area contributed by atoms with Gasteiger partial charge in [-0.15, -0.1) is 0 Å². The second-order valence-corrected chi connectivity index (χ2v) is 5.33. The Balaban J connectivity index is 2.03. The van der Waals surface area contributed by atoms with Gasteiger partial charge in [0.25, 0.3) is 0 Å². The molecule has 3 nitrogen and oxygen atoms in total. The van der Waals surface area contributed by atoms with Crippen LogP contribution in [0.15, 0.2) is 18.2 Å². The van der Waals surface area contributed by atoms with E-state index in [1.807, 2.05) is 0 Å². The molecule has 0 atom stereocenters. The van der Waals surface area contributed by atoms with Crippen molar-refractivity contribution in [2.45, 2.75) is 45.1 Å². The summed E-state index contributed by atoms with van der Waals surface area (Å²) < 4.78 is 13.7. The Bertz CT molecular complexity index is 453. The SMILES string of the molecule is CCC1CCC(Nc2cc(C(N)=O)ccc2F)CC1. The molecule has 3 N–H and O–H groups in total. The molecule has 0 unspecified atom stereocenters. The number of halogens is 1. The van der Waals surface area contributed by atoms with Gasteiger partial charge in [0.2, 0.25) is 5.91 Å². The molecule has 104 valence electrons. The topological polar surface area (TPSA) is 55.1 Å². The molecule has 1 aliphatic carbocycles. The van der Waals surface area contributed by atoms with E-state index in [1.165, 1.54) is 37.5 Å². The number of carbonyl (C=O) groups is 1. The third-order valence-electron chi connectivity index (χ3n) is 4.03. The van der Waals surface area contributed by atoms with E-state index in [4.69, 9.17) is 5.73 Å². The Morgan fingerprint density at radius 2 is 2.05 bits per heavy atom. The Labute approximate surface area is 113 Å². The predicted molar refractivity (Wildman–Crippen MR) is 74.6 cm³/mol. The number of benzene rings is 1. The highest BCUT2D eigenvalue weighted by Gasteiger charge is 2.20. The van der Waals surface area contributed by atoms with Gasteiger partial charge in [-0.1, -0.05) is 13.3 Å². The number of nitrogens with one attached hydrogen (secondary N) is 1. The van der Waals surface area contributed by atoms with E-state index in [-0.39, 0.29) is 5.82 Å². The summed E-state index contributed by atoms with van der Waals surface area (Å²) in [5.74, 6) is -0.0554. The fourth-order valence-electron chi connectivity index (χ4n) is 2.72. The summed E-state index contributed by atoms with van der Waals surface area (Å²) in [5.41, 5.74) is 5.94. The van der Waals surface area contributed by atoms with Gasteiger partial charge >= 0.3 is 0 Å². The van der Waals surface area contributed by atoms with Gasteiger partial charge in [-0.2, -0.15) is 0 Å². The van der Waals surface area contributed by atoms with E-state index in [1.54, 1.807) is 0 Å². The lowest BCUT2D eigenvalue weighted by Gasteiger charge is -2.29. The van der Waals surface area contributed by atoms with Gasteiger partial charge in [0.15, 0.2) is 0 Å². The maximum atomic E-state index is 13.7. The van der Waals surface area contributed by atoms with Crippen LogP contribution in [0.5, 0.6) is 0 Å². The number of nitrogens with two attached hydrogens (primary N) is 1. The molecule has 2 rings (SSSR count). The fraction of sp³-hybridized carbons (Fsp3) is 0.533. The second-order valence-electron chi connectivity index (χ2n) is 5.33. The number of hydrogen-bond acceptors (Lipinski definition) is 2. The summed E-state index contributed by atoms with van der Waals surface area (Å²) in [7, 11) is 0. The average Bonchev–Trinajstić information content (AvgIpc) is 2.42. The van der Waals surface area contributed by atoms with Gasteiger partial charge in [0.05, 0.1) is 5.69 Å². The number of amides is 1. The summed E-state index contributed by atoms with van der Waals surface area (Å²) >= 11 is 0. The van der Waals surface area contributed by atoms with E-state index >= 15 is 0 Å². The first-order chi connectivity index (χ1) is 9.10. The third-order valence-corrected chi connectivity index (χ3v) is 4.03. The van der Waals surface area contributed by atoms with Crippen LogP contribution >= 0.6 is 0 Å². The van der Waals surface area contributed by atoms with Gasteiger partial charge in [-0.25, -0.2) is 4.39 Å². The summed E-state index contributed by atoms with van der Waals surface area (Å²) in [6, 6.07) is 4.50. The summed E-state index contributed by atoms with van der Waals surface area (Å²) in [5, 5.41) is 3.21. The summed E-state index contributed by atoms with van der Waals surface area (Å²) in [6.45, 7) is 2.22. The van der Waals surface area contributed by atoms with Crippen LogP contribution in [0, 0.1) is 11.7 Å². The Morgan fingerprint density at radius 1 is 1.37 bits per heavy atom. The first kappa shape index (κ1) is 13.8. The van der Waals surface area contributed by atoms with E-state index < -0.39 is 5.91 Å². The van der Waals surface area contributed by atoms with Crippen molar-refractivity contribution in [1.82, 2.24) is 0 Å². The summed E-state index contributed by atoms with van der Waals surface area (Å²) in [4.78, 5) is 11.1. The molecule has 1 amide bonds. The molecule has 0 spiro atoms. The van der Waals surface area contributed by atoms with Crippen molar-refractivity contribution in [1.29, 1.82) is 0 Å². The molecule has 4 heteroatoms. The van der Waals surface area contributed by atoms with Crippen LogP contribution in [-0.2, 0) is 0 Å². The van der Waals surface area contributed by atoms with Crippen LogP contribution in [0.25, 0.3) is 0 Å². The van der Waals surface area contributed by atoms with E-state index in [0.29, 0.717) is 17.3 Å². The number of anilines is 1. The van der Waals surface area contributed by atoms with Crippen LogP contribution in [0.4, 0.5) is 10.1 Å². The number of hydrogen-bond donors (Lipinski definition) is 2. The van der Waals surface area contributed by atoms with Crippen molar-refractivity contribution in [3.63, 3.8) is 0 Å². The second kappa shape index (κ2) is 6.04. The zero-order chi connectivity index (χ0) is 13.8. The molecule has 0 aromatic heterocycles. The molecule has 1 aromatic carbocycles. The minimum atomic E-state index is -0.530. The van der Waals surface area contributed by atoms with Crippen molar-refractivity contribution >= 4 is 11.6 Å². The molecular formula is C15H21FN2O. The highest BCUT2D eigenvalue weighted by atomic mass is 19.1. The minimum Gasteiger partial charge on any atom is -0.380 e. The molecule has 1 aromatic rings. The van der Waals surface area contributed by atoms with Gasteiger partial charge < -0.3 is 11.1 Å². The Hall–Kier alpha value is -1.58. The van der Waals surface area contributed by atoms with Crippen molar-refractivity contribution in [3.05, 3.63) is 29.6 Å². The molecule has 0 heterocycles. The van der Waals surface area contributed by atoms with Gasteiger partial charge in [-0.3, -0.25) is 4.79 Å². The van der Waals surface area contributed by atoms with Crippen LogP contribution < -0.4 is 11.1 Å². The molecule has 1 fully saturated rings. The van der Waals surface area contributed by atoms with Gasteiger partial charge in [0.1, 0.15) is 5.82 Å². The lowest BCUT2D eigenvalue weighted by Crippen LogP contribution is -2.26. The van der Waals surface area contributed by atoms with Crippen molar-refractivity contribution in [3.8, 4) is 0 Å². The van der Waals surface area contributed by atoms with E-state index in [0.717, 1.165) is 18.8 Å². The van der Waals surface area contributed by atoms with Crippen LogP contribution in [0.3, 0.4) is 0 Å². The highest BCUT2D eigenvalue weighted by Crippen LogP contribution is 2.29. The largest absolute Gasteiger partial charge is 0.380 e. The van der Waals surface area contributed by atoms with Crippen LogP contribution in [0.1, 0.15) is 49.4 Å². The normalized spacial score (nSPS) is 23.1. The predicted octanol–water partition coefficient (Wildman–Crippen LogP) is 3.31. The van der Waals surface area contributed by atoms with Gasteiger partial charge in [0, 0.05) is 11.6 Å². The highest BCUT2D eigenvalue weighted by molar-refractivity contribution is 5.93. The standard InChI is InChI=1S/C15H21FN2O/c1-2-10-3-6-12(7-4-10)18-14-9-11(15(17)19)5-8-13(14)16/h5,8-10,12,18H,2-4,6-7H2,1H3,(H2,17,19). The zero-order valence-electron chi connectivity index (χ0n) is 11.3. The first-order valence-corrected chi connectivity index (χ1v) is 6.96. The van der Waals surface area contributed by atoms with Crippen LogP contribution in [-0.4, -0.2) is 11.9 Å². The maximum absolute atomic E-state index is 13.7. The average molecular weight is 264 g/mol. The number of primary amides is 1. The molecular weight excluding hydrogens is 243 g/mol. The summed E-state index contributed by atoms with van der Waals surface area (Å²) in [6.07, 6.45) is 5.70. The van der Waals surface area contributed by atoms with Gasteiger partial charge in [-0.05, 0) is 49.8 Å². The minimum absolute atomic E-state index is 0.292. The van der Waals surface area contributed by atoms with Crippen molar-refractivity contribution < 1.29 is 9.18 Å². The molecule has 1 saturated carbocycles. The Kier molecular flexibility index (Phi) is 4.40. The van der Waals surface area contributed by atoms with E-state index in [9.17, 15) is 9.18 Å². The zero-order valence-corrected chi connectivity index (χ0v) is 11.3. The monoisotopic (exact) mass is 264 g/mol. The molecule has 0 aliphatic heterocycles. The lowest BCUT2D eigenvalue weighted by molar-refractivity contribution is 0.100. The molecule has 0 radical (unpaired) electrons. The number of carbonyl (C=O) groups excluding carboxylic acids is 1. The lowest BCUT2D eigenvalue weighted by atomic mass is 9.84. The van der Waals surface area contributed by atoms with Crippen molar-refractivity contribution in [2.24, 2.45) is 11.7 Å². The number of rotatable bonds is 4. The first-order valence-electron chi connectivity index (χ1n) is 6.96. The van der Waals surface area contributed by atoms with E-state index in [2.05, 4.69) is 12.2 Å². The molecule has 0 saturated heterocycles. The molecule has 19 heavy (non-hydrogen) atoms. The maximum Gasteiger partial charge on any atom is 0.248 e.